The van der Waals surface area contributed by atoms with Crippen molar-refractivity contribution in [1.82, 2.24) is 15.1 Å². The molecule has 0 radical (unpaired) electrons. The van der Waals surface area contributed by atoms with Crippen LogP contribution in [0.5, 0.6) is 0 Å². The number of nitrogens with zero attached hydrogens (tertiary/aromatic N) is 2. The quantitative estimate of drug-likeness (QED) is 0.636. The van der Waals surface area contributed by atoms with Crippen LogP contribution in [0.25, 0.3) is 5.69 Å². The van der Waals surface area contributed by atoms with E-state index >= 15 is 0 Å². The standard InChI is InChI=1S/C20H20ClN3O3S/c1-2-11-28(26,27)19-6-4-3-5-18(19)20(25)22-12-15-13-23-24(14-15)17-9-7-16(21)8-10-17/h3-10,13-14H,2,11-12H2,1H3,(H,22,25). The third kappa shape index (κ3) is 4.61. The van der Waals surface area contributed by atoms with Crippen molar-refractivity contribution in [1.29, 1.82) is 0 Å². The van der Waals surface area contributed by atoms with Gasteiger partial charge in [0.1, 0.15) is 0 Å². The van der Waals surface area contributed by atoms with Gasteiger partial charge in [0.15, 0.2) is 9.84 Å². The Kier molecular flexibility index (Phi) is 6.16. The molecule has 1 N–H and O–H groups in total. The zero-order valence-electron chi connectivity index (χ0n) is 15.3. The molecule has 0 fully saturated rings. The maximum absolute atomic E-state index is 12.6. The molecule has 6 nitrogen and oxygen atoms in total. The van der Waals surface area contributed by atoms with Crippen molar-refractivity contribution < 1.29 is 13.2 Å². The van der Waals surface area contributed by atoms with Crippen LogP contribution in [0.3, 0.4) is 0 Å². The summed E-state index contributed by atoms with van der Waals surface area (Å²) in [7, 11) is -3.49. The first-order valence-electron chi connectivity index (χ1n) is 8.80. The predicted octanol–water partition coefficient (Wildman–Crippen LogP) is 3.64. The van der Waals surface area contributed by atoms with Gasteiger partial charge in [0.2, 0.25) is 0 Å². The van der Waals surface area contributed by atoms with E-state index in [0.29, 0.717) is 11.4 Å². The third-order valence-electron chi connectivity index (χ3n) is 4.12. The van der Waals surface area contributed by atoms with E-state index in [1.165, 1.54) is 12.1 Å². The van der Waals surface area contributed by atoms with Crippen LogP contribution in [0.4, 0.5) is 0 Å². The number of amides is 1. The minimum atomic E-state index is -3.49. The number of hydrogen-bond donors (Lipinski definition) is 1. The zero-order chi connectivity index (χ0) is 20.1. The van der Waals surface area contributed by atoms with E-state index in [2.05, 4.69) is 10.4 Å². The minimum absolute atomic E-state index is 0.00512. The molecule has 3 aromatic rings. The summed E-state index contributed by atoms with van der Waals surface area (Å²) < 4.78 is 26.5. The third-order valence-corrected chi connectivity index (χ3v) is 6.34. The summed E-state index contributed by atoms with van der Waals surface area (Å²) in [5.74, 6) is -0.431. The van der Waals surface area contributed by atoms with Crippen LogP contribution in [-0.4, -0.2) is 29.9 Å². The van der Waals surface area contributed by atoms with Crippen LogP contribution in [0.1, 0.15) is 29.3 Å². The maximum Gasteiger partial charge on any atom is 0.252 e. The molecule has 3 rings (SSSR count). The highest BCUT2D eigenvalue weighted by molar-refractivity contribution is 7.91. The molecule has 0 saturated heterocycles. The Morgan fingerprint density at radius 3 is 2.57 bits per heavy atom. The smallest absolute Gasteiger partial charge is 0.252 e. The lowest BCUT2D eigenvalue weighted by Gasteiger charge is -2.10. The summed E-state index contributed by atoms with van der Waals surface area (Å²) in [6, 6.07) is 13.5. The monoisotopic (exact) mass is 417 g/mol. The minimum Gasteiger partial charge on any atom is -0.348 e. The highest BCUT2D eigenvalue weighted by atomic mass is 35.5. The Hall–Kier alpha value is -2.64. The van der Waals surface area contributed by atoms with Gasteiger partial charge in [-0.05, 0) is 42.8 Å². The van der Waals surface area contributed by atoms with Gasteiger partial charge in [-0.15, -0.1) is 0 Å². The van der Waals surface area contributed by atoms with Gasteiger partial charge in [0.05, 0.1) is 28.1 Å². The van der Waals surface area contributed by atoms with Crippen molar-refractivity contribution in [2.45, 2.75) is 24.8 Å². The molecule has 1 heterocycles. The first-order valence-corrected chi connectivity index (χ1v) is 10.8. The Morgan fingerprint density at radius 1 is 1.14 bits per heavy atom. The fourth-order valence-corrected chi connectivity index (χ4v) is 4.43. The maximum atomic E-state index is 12.6. The first-order chi connectivity index (χ1) is 13.4. The van der Waals surface area contributed by atoms with E-state index in [-0.39, 0.29) is 22.8 Å². The summed E-state index contributed by atoms with van der Waals surface area (Å²) >= 11 is 5.89. The second kappa shape index (κ2) is 8.58. The molecule has 28 heavy (non-hydrogen) atoms. The number of sulfone groups is 1. The number of carbonyl (C=O) groups excluding carboxylic acids is 1. The fraction of sp³-hybridized carbons (Fsp3) is 0.200. The van der Waals surface area contributed by atoms with Crippen molar-refractivity contribution >= 4 is 27.3 Å². The molecule has 1 aromatic heterocycles. The van der Waals surface area contributed by atoms with E-state index in [0.717, 1.165) is 11.3 Å². The highest BCUT2D eigenvalue weighted by Gasteiger charge is 2.21. The second-order valence-corrected chi connectivity index (χ2v) is 8.78. The number of carbonyl (C=O) groups is 1. The van der Waals surface area contributed by atoms with Gasteiger partial charge in [-0.2, -0.15) is 5.10 Å². The molecule has 0 unspecified atom stereocenters. The normalized spacial score (nSPS) is 11.4. The van der Waals surface area contributed by atoms with E-state index in [4.69, 9.17) is 11.6 Å². The topological polar surface area (TPSA) is 81.1 Å². The SMILES string of the molecule is CCCS(=O)(=O)c1ccccc1C(=O)NCc1cnn(-c2ccc(Cl)cc2)c1. The second-order valence-electron chi connectivity index (χ2n) is 6.27. The van der Waals surface area contributed by atoms with Crippen molar-refractivity contribution in [2.75, 3.05) is 5.75 Å². The number of aromatic nitrogens is 2. The molecule has 0 aliphatic carbocycles. The molecule has 1 amide bonds. The van der Waals surface area contributed by atoms with Crippen LogP contribution in [0.15, 0.2) is 65.8 Å². The van der Waals surface area contributed by atoms with Crippen molar-refractivity contribution in [2.24, 2.45) is 0 Å². The molecule has 0 spiro atoms. The average Bonchev–Trinajstić information content (AvgIpc) is 3.15. The number of halogens is 1. The van der Waals surface area contributed by atoms with Gasteiger partial charge in [-0.3, -0.25) is 4.79 Å². The van der Waals surface area contributed by atoms with Crippen LogP contribution in [0, 0.1) is 0 Å². The number of nitrogens with one attached hydrogen (secondary N) is 1. The molecular formula is C20H20ClN3O3S. The number of benzene rings is 2. The molecule has 0 bridgehead atoms. The summed E-state index contributed by atoms with van der Waals surface area (Å²) in [4.78, 5) is 12.6. The predicted molar refractivity (Wildman–Crippen MR) is 109 cm³/mol. The molecule has 0 aliphatic rings. The number of rotatable bonds is 7. The van der Waals surface area contributed by atoms with Gasteiger partial charge in [-0.25, -0.2) is 13.1 Å². The molecule has 146 valence electrons. The summed E-state index contributed by atoms with van der Waals surface area (Å²) in [6.07, 6.45) is 3.93. The summed E-state index contributed by atoms with van der Waals surface area (Å²) in [5.41, 5.74) is 1.79. The lowest BCUT2D eigenvalue weighted by Crippen LogP contribution is -2.25. The van der Waals surface area contributed by atoms with E-state index in [1.54, 1.807) is 48.3 Å². The lowest BCUT2D eigenvalue weighted by molar-refractivity contribution is 0.0947. The molecule has 0 aliphatic heterocycles. The Labute approximate surface area is 169 Å². The summed E-state index contributed by atoms with van der Waals surface area (Å²) in [6.45, 7) is 2.02. The fourth-order valence-electron chi connectivity index (χ4n) is 2.77. The molecule has 0 atom stereocenters. The zero-order valence-corrected chi connectivity index (χ0v) is 16.9. The molecular weight excluding hydrogens is 398 g/mol. The van der Waals surface area contributed by atoms with E-state index < -0.39 is 15.7 Å². The van der Waals surface area contributed by atoms with Gasteiger partial charge in [0, 0.05) is 23.3 Å². The Bertz CT molecular complexity index is 1080. The molecule has 8 heteroatoms. The van der Waals surface area contributed by atoms with Crippen LogP contribution in [0.2, 0.25) is 5.02 Å². The Morgan fingerprint density at radius 2 is 1.86 bits per heavy atom. The lowest BCUT2D eigenvalue weighted by atomic mass is 10.2. The van der Waals surface area contributed by atoms with Crippen LogP contribution in [-0.2, 0) is 16.4 Å². The van der Waals surface area contributed by atoms with Gasteiger partial charge in [0.25, 0.3) is 5.91 Å². The number of hydrogen-bond acceptors (Lipinski definition) is 4. The van der Waals surface area contributed by atoms with E-state index in [1.807, 2.05) is 12.1 Å². The Balaban J connectivity index is 1.73. The van der Waals surface area contributed by atoms with Crippen molar-refractivity contribution in [3.63, 3.8) is 0 Å². The van der Waals surface area contributed by atoms with Crippen molar-refractivity contribution in [3.05, 3.63) is 77.1 Å². The van der Waals surface area contributed by atoms with Gasteiger partial charge >= 0.3 is 0 Å². The molecule has 2 aromatic carbocycles. The summed E-state index contributed by atoms with van der Waals surface area (Å²) in [5, 5.41) is 7.68. The van der Waals surface area contributed by atoms with Crippen molar-refractivity contribution in [3.8, 4) is 5.69 Å². The van der Waals surface area contributed by atoms with E-state index in [9.17, 15) is 13.2 Å². The largest absolute Gasteiger partial charge is 0.348 e. The highest BCUT2D eigenvalue weighted by Crippen LogP contribution is 2.18. The van der Waals surface area contributed by atoms with Gasteiger partial charge < -0.3 is 5.32 Å². The average molecular weight is 418 g/mol. The van der Waals surface area contributed by atoms with Gasteiger partial charge in [-0.1, -0.05) is 30.7 Å². The van der Waals surface area contributed by atoms with Crippen LogP contribution < -0.4 is 5.32 Å². The van der Waals surface area contributed by atoms with Crippen LogP contribution >= 0.6 is 11.6 Å². The first kappa shape index (κ1) is 20.1. The molecule has 0 saturated carbocycles.